The van der Waals surface area contributed by atoms with Crippen molar-refractivity contribution in [2.75, 3.05) is 0 Å². The van der Waals surface area contributed by atoms with E-state index in [4.69, 9.17) is 0 Å². The maximum absolute atomic E-state index is 10.6. The first kappa shape index (κ1) is 15.4. The summed E-state index contributed by atoms with van der Waals surface area (Å²) in [4.78, 5) is 14.9. The molecule has 0 spiro atoms. The number of aromatic nitrogens is 1. The average molecular weight is 281 g/mol. The van der Waals surface area contributed by atoms with Crippen molar-refractivity contribution in [2.45, 2.75) is 45.4 Å². The molecule has 2 heteroatoms. The number of pyridine rings is 1. The fraction of sp³-hybridized carbons (Fsp3) is 0.368. The van der Waals surface area contributed by atoms with E-state index >= 15 is 0 Å². The van der Waals surface area contributed by atoms with Crippen molar-refractivity contribution in [1.29, 1.82) is 0 Å². The Bertz CT molecular complexity index is 543. The Balaban J connectivity index is 1.90. The molecule has 2 rings (SSSR count). The zero-order valence-electron chi connectivity index (χ0n) is 12.7. The van der Waals surface area contributed by atoms with E-state index in [9.17, 15) is 4.79 Å². The van der Waals surface area contributed by atoms with Crippen molar-refractivity contribution < 1.29 is 4.79 Å². The number of aldehydes is 1. The summed E-state index contributed by atoms with van der Waals surface area (Å²) in [5, 5.41) is 0. The van der Waals surface area contributed by atoms with Crippen LogP contribution in [0.15, 0.2) is 42.6 Å². The lowest BCUT2D eigenvalue weighted by molar-refractivity contribution is 0.112. The molecule has 2 aromatic rings. The molecule has 21 heavy (non-hydrogen) atoms. The SMILES string of the molecule is CCCCCCCc1ccc(-c2ccc(C=O)cn2)cc1. The Morgan fingerprint density at radius 3 is 2.33 bits per heavy atom. The van der Waals surface area contributed by atoms with Crippen LogP contribution in [0.4, 0.5) is 0 Å². The summed E-state index contributed by atoms with van der Waals surface area (Å²) in [6.45, 7) is 2.24. The van der Waals surface area contributed by atoms with Crippen LogP contribution in [-0.2, 0) is 6.42 Å². The highest BCUT2D eigenvalue weighted by atomic mass is 16.1. The number of carbonyl (C=O) groups excluding carboxylic acids is 1. The van der Waals surface area contributed by atoms with Gasteiger partial charge in [-0.05, 0) is 30.5 Å². The molecular weight excluding hydrogens is 258 g/mol. The molecule has 0 aliphatic heterocycles. The first-order valence-corrected chi connectivity index (χ1v) is 7.84. The average Bonchev–Trinajstić information content (AvgIpc) is 2.55. The van der Waals surface area contributed by atoms with Gasteiger partial charge in [-0.25, -0.2) is 0 Å². The largest absolute Gasteiger partial charge is 0.298 e. The lowest BCUT2D eigenvalue weighted by Gasteiger charge is -2.04. The smallest absolute Gasteiger partial charge is 0.151 e. The van der Waals surface area contributed by atoms with Gasteiger partial charge in [0.25, 0.3) is 0 Å². The van der Waals surface area contributed by atoms with E-state index in [1.54, 1.807) is 12.3 Å². The fourth-order valence-corrected chi connectivity index (χ4v) is 2.42. The van der Waals surface area contributed by atoms with Gasteiger partial charge in [-0.15, -0.1) is 0 Å². The number of aryl methyl sites for hydroxylation is 1. The van der Waals surface area contributed by atoms with Gasteiger partial charge in [-0.3, -0.25) is 9.78 Å². The minimum Gasteiger partial charge on any atom is -0.298 e. The molecule has 0 bridgehead atoms. The molecule has 0 unspecified atom stereocenters. The Labute approximate surface area is 127 Å². The van der Waals surface area contributed by atoms with Crippen molar-refractivity contribution in [3.63, 3.8) is 0 Å². The van der Waals surface area contributed by atoms with Gasteiger partial charge in [0, 0.05) is 17.3 Å². The lowest BCUT2D eigenvalue weighted by Crippen LogP contribution is -1.89. The molecule has 0 fully saturated rings. The van der Waals surface area contributed by atoms with Gasteiger partial charge >= 0.3 is 0 Å². The number of carbonyl (C=O) groups is 1. The fourth-order valence-electron chi connectivity index (χ4n) is 2.42. The second kappa shape index (κ2) is 8.35. The van der Waals surface area contributed by atoms with Gasteiger partial charge in [-0.2, -0.15) is 0 Å². The molecule has 0 atom stereocenters. The lowest BCUT2D eigenvalue weighted by atomic mass is 10.0. The van der Waals surface area contributed by atoms with Gasteiger partial charge in [0.2, 0.25) is 0 Å². The Hall–Kier alpha value is -1.96. The number of nitrogens with zero attached hydrogens (tertiary/aromatic N) is 1. The predicted octanol–water partition coefficient (Wildman–Crippen LogP) is 5.07. The highest BCUT2D eigenvalue weighted by molar-refractivity contribution is 5.75. The first-order chi connectivity index (χ1) is 10.3. The number of hydrogen-bond donors (Lipinski definition) is 0. The molecular formula is C19H23NO. The summed E-state index contributed by atoms with van der Waals surface area (Å²) in [5.74, 6) is 0. The van der Waals surface area contributed by atoms with Crippen LogP contribution in [0.25, 0.3) is 11.3 Å². The third-order valence-corrected chi connectivity index (χ3v) is 3.74. The minimum atomic E-state index is 0.613. The maximum atomic E-state index is 10.6. The van der Waals surface area contributed by atoms with Crippen molar-refractivity contribution in [1.82, 2.24) is 4.98 Å². The second-order valence-corrected chi connectivity index (χ2v) is 5.46. The molecule has 110 valence electrons. The Morgan fingerprint density at radius 2 is 1.71 bits per heavy atom. The number of unbranched alkanes of at least 4 members (excludes halogenated alkanes) is 4. The Morgan fingerprint density at radius 1 is 0.952 bits per heavy atom. The van der Waals surface area contributed by atoms with E-state index in [2.05, 4.69) is 36.2 Å². The zero-order chi connectivity index (χ0) is 14.9. The van der Waals surface area contributed by atoms with Crippen molar-refractivity contribution in [2.24, 2.45) is 0 Å². The normalized spacial score (nSPS) is 10.5. The van der Waals surface area contributed by atoms with Gasteiger partial charge < -0.3 is 0 Å². The van der Waals surface area contributed by atoms with Crippen molar-refractivity contribution in [3.05, 3.63) is 53.7 Å². The van der Waals surface area contributed by atoms with E-state index in [1.165, 1.54) is 37.7 Å². The number of hydrogen-bond acceptors (Lipinski definition) is 2. The zero-order valence-corrected chi connectivity index (χ0v) is 12.7. The monoisotopic (exact) mass is 281 g/mol. The second-order valence-electron chi connectivity index (χ2n) is 5.46. The summed E-state index contributed by atoms with van der Waals surface area (Å²) in [5.41, 5.74) is 4.01. The predicted molar refractivity (Wildman–Crippen MR) is 87.5 cm³/mol. The van der Waals surface area contributed by atoms with Crippen LogP contribution in [-0.4, -0.2) is 11.3 Å². The molecule has 0 saturated carbocycles. The van der Waals surface area contributed by atoms with Gasteiger partial charge in [-0.1, -0.05) is 56.9 Å². The van der Waals surface area contributed by atoms with E-state index in [-0.39, 0.29) is 0 Å². The van der Waals surface area contributed by atoms with Gasteiger partial charge in [0.15, 0.2) is 6.29 Å². The third-order valence-electron chi connectivity index (χ3n) is 3.74. The molecule has 0 N–H and O–H groups in total. The van der Waals surface area contributed by atoms with Crippen molar-refractivity contribution in [3.8, 4) is 11.3 Å². The van der Waals surface area contributed by atoms with Crippen LogP contribution in [0.3, 0.4) is 0 Å². The van der Waals surface area contributed by atoms with E-state index < -0.39 is 0 Å². The van der Waals surface area contributed by atoms with Crippen molar-refractivity contribution >= 4 is 6.29 Å². The summed E-state index contributed by atoms with van der Waals surface area (Å²) in [7, 11) is 0. The highest BCUT2D eigenvalue weighted by Gasteiger charge is 2.00. The highest BCUT2D eigenvalue weighted by Crippen LogP contribution is 2.18. The number of benzene rings is 1. The molecule has 1 aromatic heterocycles. The van der Waals surface area contributed by atoms with E-state index in [0.717, 1.165) is 24.0 Å². The summed E-state index contributed by atoms with van der Waals surface area (Å²) in [6.07, 6.45) is 10.2. The van der Waals surface area contributed by atoms with Crippen LogP contribution >= 0.6 is 0 Å². The van der Waals surface area contributed by atoms with E-state index in [0.29, 0.717) is 5.56 Å². The molecule has 2 nitrogen and oxygen atoms in total. The molecule has 1 heterocycles. The van der Waals surface area contributed by atoms with Crippen LogP contribution in [0.1, 0.15) is 54.9 Å². The van der Waals surface area contributed by atoms with Crippen LogP contribution in [0.2, 0.25) is 0 Å². The van der Waals surface area contributed by atoms with Crippen LogP contribution < -0.4 is 0 Å². The molecule has 0 saturated heterocycles. The van der Waals surface area contributed by atoms with Crippen LogP contribution in [0.5, 0.6) is 0 Å². The standard InChI is InChI=1S/C19H23NO/c1-2-3-4-5-6-7-16-8-11-18(12-9-16)19-13-10-17(15-21)14-20-19/h8-15H,2-7H2,1H3. The summed E-state index contributed by atoms with van der Waals surface area (Å²) >= 11 is 0. The molecule has 1 aromatic carbocycles. The topological polar surface area (TPSA) is 30.0 Å². The summed E-state index contributed by atoms with van der Waals surface area (Å²) < 4.78 is 0. The molecule has 0 amide bonds. The van der Waals surface area contributed by atoms with E-state index in [1.807, 2.05) is 6.07 Å². The quantitative estimate of drug-likeness (QED) is 0.499. The Kier molecular flexibility index (Phi) is 6.14. The first-order valence-electron chi connectivity index (χ1n) is 7.84. The van der Waals surface area contributed by atoms with Gasteiger partial charge in [0.1, 0.15) is 0 Å². The summed E-state index contributed by atoms with van der Waals surface area (Å²) in [6, 6.07) is 12.3. The molecule has 0 radical (unpaired) electrons. The third kappa shape index (κ3) is 4.82. The van der Waals surface area contributed by atoms with Gasteiger partial charge in [0.05, 0.1) is 5.69 Å². The minimum absolute atomic E-state index is 0.613. The van der Waals surface area contributed by atoms with Crippen LogP contribution in [0, 0.1) is 0 Å². The number of rotatable bonds is 8. The maximum Gasteiger partial charge on any atom is 0.151 e. The molecule has 0 aliphatic carbocycles. The molecule has 0 aliphatic rings.